The van der Waals surface area contributed by atoms with E-state index in [1.54, 1.807) is 11.8 Å². The number of hydrogen-bond donors (Lipinski definition) is 2. The molecule has 0 radical (unpaired) electrons. The molecule has 2 rings (SSSR count). The fraction of sp³-hybridized carbons (Fsp3) is 0.286. The third-order valence-corrected chi connectivity index (χ3v) is 4.18. The van der Waals surface area contributed by atoms with Gasteiger partial charge in [0, 0.05) is 16.7 Å². The van der Waals surface area contributed by atoms with Crippen LogP contribution in [0.1, 0.15) is 24.9 Å². The smallest absolute Gasteiger partial charge is 0.143 e. The normalized spacial score (nSPS) is 10.6. The van der Waals surface area contributed by atoms with Crippen molar-refractivity contribution in [3.05, 3.63) is 46.9 Å². The molecule has 0 spiro atoms. The molecule has 0 aliphatic heterocycles. The SMILES string of the molecule is CCCc1cc(NN)nc(CSc2ccccc2Cl)n1. The van der Waals surface area contributed by atoms with Crippen LogP contribution in [0.25, 0.3) is 0 Å². The molecule has 0 bridgehead atoms. The van der Waals surface area contributed by atoms with Gasteiger partial charge in [-0.15, -0.1) is 11.8 Å². The molecule has 3 N–H and O–H groups in total. The molecule has 0 fully saturated rings. The molecule has 0 aliphatic rings. The van der Waals surface area contributed by atoms with Crippen LogP contribution in [0.5, 0.6) is 0 Å². The van der Waals surface area contributed by atoms with E-state index in [4.69, 9.17) is 17.4 Å². The summed E-state index contributed by atoms with van der Waals surface area (Å²) in [4.78, 5) is 9.94. The lowest BCUT2D eigenvalue weighted by molar-refractivity contribution is 0.854. The van der Waals surface area contributed by atoms with Crippen LogP contribution in [0.3, 0.4) is 0 Å². The van der Waals surface area contributed by atoms with Crippen molar-refractivity contribution in [2.24, 2.45) is 5.84 Å². The van der Waals surface area contributed by atoms with Crippen LogP contribution in [0, 0.1) is 0 Å². The zero-order valence-electron chi connectivity index (χ0n) is 11.3. The van der Waals surface area contributed by atoms with E-state index in [2.05, 4.69) is 22.3 Å². The van der Waals surface area contributed by atoms with E-state index >= 15 is 0 Å². The van der Waals surface area contributed by atoms with Gasteiger partial charge in [0.1, 0.15) is 11.6 Å². The van der Waals surface area contributed by atoms with Gasteiger partial charge in [-0.25, -0.2) is 15.8 Å². The second kappa shape index (κ2) is 7.47. The Hall–Kier alpha value is -1.30. The standard InChI is InChI=1S/C14H17ClN4S/c1-2-5-10-8-13(19-16)18-14(17-10)9-20-12-7-4-3-6-11(12)15/h3-4,6-8H,2,5,9,16H2,1H3,(H,17,18,19). The summed E-state index contributed by atoms with van der Waals surface area (Å²) in [6.07, 6.45) is 1.96. The summed E-state index contributed by atoms with van der Waals surface area (Å²) in [6.45, 7) is 2.12. The quantitative estimate of drug-likeness (QED) is 0.484. The van der Waals surface area contributed by atoms with Gasteiger partial charge in [0.15, 0.2) is 0 Å². The summed E-state index contributed by atoms with van der Waals surface area (Å²) in [5, 5.41) is 0.749. The van der Waals surface area contributed by atoms with Gasteiger partial charge in [-0.05, 0) is 18.6 Å². The van der Waals surface area contributed by atoms with E-state index in [-0.39, 0.29) is 0 Å². The molecule has 0 aliphatic carbocycles. The van der Waals surface area contributed by atoms with Crippen molar-refractivity contribution in [3.8, 4) is 0 Å². The lowest BCUT2D eigenvalue weighted by Gasteiger charge is -2.07. The van der Waals surface area contributed by atoms with Crippen molar-refractivity contribution in [1.82, 2.24) is 9.97 Å². The predicted molar refractivity (Wildman–Crippen MR) is 84.9 cm³/mol. The zero-order chi connectivity index (χ0) is 14.4. The summed E-state index contributed by atoms with van der Waals surface area (Å²) in [5.41, 5.74) is 3.59. The van der Waals surface area contributed by atoms with E-state index in [1.165, 1.54) is 0 Å². The molecule has 106 valence electrons. The van der Waals surface area contributed by atoms with Crippen molar-refractivity contribution in [2.45, 2.75) is 30.4 Å². The fourth-order valence-electron chi connectivity index (χ4n) is 1.78. The summed E-state index contributed by atoms with van der Waals surface area (Å²) in [5.74, 6) is 7.52. The lowest BCUT2D eigenvalue weighted by atomic mass is 10.2. The molecule has 0 amide bonds. The number of thioether (sulfide) groups is 1. The summed E-state index contributed by atoms with van der Waals surface area (Å²) >= 11 is 7.76. The number of hydrogen-bond acceptors (Lipinski definition) is 5. The number of aromatic nitrogens is 2. The van der Waals surface area contributed by atoms with Gasteiger partial charge in [0.2, 0.25) is 0 Å². The van der Waals surface area contributed by atoms with Crippen LogP contribution in [0.2, 0.25) is 5.02 Å². The minimum Gasteiger partial charge on any atom is -0.308 e. The molecule has 20 heavy (non-hydrogen) atoms. The van der Waals surface area contributed by atoms with Gasteiger partial charge in [-0.1, -0.05) is 37.1 Å². The number of nitrogens with two attached hydrogens (primary N) is 1. The predicted octanol–water partition coefficient (Wildman–Crippen LogP) is 3.66. The number of aryl methyl sites for hydroxylation is 1. The molecule has 4 nitrogen and oxygen atoms in total. The molecular formula is C14H17ClN4S. The maximum absolute atomic E-state index is 6.14. The van der Waals surface area contributed by atoms with Crippen molar-refractivity contribution in [1.29, 1.82) is 0 Å². The molecule has 6 heteroatoms. The van der Waals surface area contributed by atoms with Crippen molar-refractivity contribution in [2.75, 3.05) is 5.43 Å². The summed E-state index contributed by atoms with van der Waals surface area (Å²) in [6, 6.07) is 9.64. The Morgan fingerprint density at radius 1 is 1.30 bits per heavy atom. The van der Waals surface area contributed by atoms with Crippen LogP contribution in [-0.4, -0.2) is 9.97 Å². The third kappa shape index (κ3) is 4.10. The maximum atomic E-state index is 6.14. The number of nitrogens with zero attached hydrogens (tertiary/aromatic N) is 2. The van der Waals surface area contributed by atoms with E-state index in [9.17, 15) is 0 Å². The highest BCUT2D eigenvalue weighted by Crippen LogP contribution is 2.28. The monoisotopic (exact) mass is 308 g/mol. The Morgan fingerprint density at radius 2 is 2.10 bits per heavy atom. The van der Waals surface area contributed by atoms with Gasteiger partial charge in [-0.3, -0.25) is 0 Å². The number of nitrogen functional groups attached to an aromatic ring is 1. The van der Waals surface area contributed by atoms with Crippen LogP contribution in [-0.2, 0) is 12.2 Å². The first-order valence-corrected chi connectivity index (χ1v) is 7.80. The third-order valence-electron chi connectivity index (χ3n) is 2.67. The Morgan fingerprint density at radius 3 is 2.80 bits per heavy atom. The van der Waals surface area contributed by atoms with Crippen molar-refractivity contribution < 1.29 is 0 Å². The second-order valence-electron chi connectivity index (χ2n) is 4.27. The number of halogens is 1. The van der Waals surface area contributed by atoms with E-state index < -0.39 is 0 Å². The van der Waals surface area contributed by atoms with Gasteiger partial charge in [-0.2, -0.15) is 0 Å². The second-order valence-corrected chi connectivity index (χ2v) is 5.70. The largest absolute Gasteiger partial charge is 0.308 e. The summed E-state index contributed by atoms with van der Waals surface area (Å²) in [7, 11) is 0. The van der Waals surface area contributed by atoms with Crippen LogP contribution in [0.15, 0.2) is 35.2 Å². The average molecular weight is 309 g/mol. The number of hydrazine groups is 1. The minimum absolute atomic E-state index is 0.651. The van der Waals surface area contributed by atoms with Crippen LogP contribution in [0.4, 0.5) is 5.82 Å². The maximum Gasteiger partial charge on any atom is 0.143 e. The van der Waals surface area contributed by atoms with Crippen molar-refractivity contribution in [3.63, 3.8) is 0 Å². The fourth-order valence-corrected chi connectivity index (χ4v) is 2.87. The highest BCUT2D eigenvalue weighted by atomic mass is 35.5. The van der Waals surface area contributed by atoms with Crippen LogP contribution < -0.4 is 11.3 Å². The van der Waals surface area contributed by atoms with Gasteiger partial charge in [0.05, 0.1) is 10.8 Å². The minimum atomic E-state index is 0.651. The molecular weight excluding hydrogens is 292 g/mol. The Bertz CT molecular complexity index is 577. The first-order chi connectivity index (χ1) is 9.72. The van der Waals surface area contributed by atoms with Crippen molar-refractivity contribution >= 4 is 29.2 Å². The Kier molecular flexibility index (Phi) is 5.64. The molecule has 2 aromatic rings. The lowest BCUT2D eigenvalue weighted by Crippen LogP contribution is -2.11. The first-order valence-electron chi connectivity index (χ1n) is 6.43. The zero-order valence-corrected chi connectivity index (χ0v) is 12.8. The van der Waals surface area contributed by atoms with Gasteiger partial charge >= 0.3 is 0 Å². The number of rotatable bonds is 6. The first kappa shape index (κ1) is 15.1. The Balaban J connectivity index is 2.12. The molecule has 0 unspecified atom stereocenters. The molecule has 1 aromatic carbocycles. The molecule has 1 aromatic heterocycles. The molecule has 0 saturated carbocycles. The number of anilines is 1. The van der Waals surface area contributed by atoms with Gasteiger partial charge < -0.3 is 5.43 Å². The molecule has 0 atom stereocenters. The molecule has 0 saturated heterocycles. The van der Waals surface area contributed by atoms with E-state index in [1.807, 2.05) is 30.3 Å². The highest BCUT2D eigenvalue weighted by molar-refractivity contribution is 7.98. The Labute approximate surface area is 128 Å². The number of nitrogens with one attached hydrogen (secondary N) is 1. The van der Waals surface area contributed by atoms with Crippen LogP contribution >= 0.6 is 23.4 Å². The number of benzene rings is 1. The highest BCUT2D eigenvalue weighted by Gasteiger charge is 2.06. The average Bonchev–Trinajstić information content (AvgIpc) is 2.46. The summed E-state index contributed by atoms with van der Waals surface area (Å²) < 4.78 is 0. The topological polar surface area (TPSA) is 63.8 Å². The van der Waals surface area contributed by atoms with E-state index in [0.717, 1.165) is 34.3 Å². The van der Waals surface area contributed by atoms with Gasteiger partial charge in [0.25, 0.3) is 0 Å². The molecule has 1 heterocycles. The van der Waals surface area contributed by atoms with E-state index in [0.29, 0.717) is 11.6 Å².